The molecule has 0 saturated carbocycles. The van der Waals surface area contributed by atoms with Gasteiger partial charge >= 0.3 is 5.97 Å². The molecule has 176 valence electrons. The highest BCUT2D eigenvalue weighted by atomic mass is 35.5. The molecule has 7 nitrogen and oxygen atoms in total. The van der Waals surface area contributed by atoms with Crippen LogP contribution in [-0.2, 0) is 24.3 Å². The van der Waals surface area contributed by atoms with Gasteiger partial charge in [-0.1, -0.05) is 63.5 Å². The van der Waals surface area contributed by atoms with Gasteiger partial charge in [-0.15, -0.1) is 0 Å². The summed E-state index contributed by atoms with van der Waals surface area (Å²) in [5, 5.41) is 2.63. The van der Waals surface area contributed by atoms with Crippen molar-refractivity contribution in [2.45, 2.75) is 89.6 Å². The minimum absolute atomic E-state index is 0.0225. The summed E-state index contributed by atoms with van der Waals surface area (Å²) in [6, 6.07) is 4.07. The molecule has 9 heteroatoms. The van der Waals surface area contributed by atoms with Gasteiger partial charge in [0.1, 0.15) is 0 Å². The molecule has 0 radical (unpaired) electrons. The molecule has 1 amide bonds. The van der Waals surface area contributed by atoms with Gasteiger partial charge in [0.2, 0.25) is 10.0 Å². The number of benzene rings is 1. The third-order valence-corrected chi connectivity index (χ3v) is 6.54. The minimum Gasteiger partial charge on any atom is -0.450 e. The van der Waals surface area contributed by atoms with Crippen LogP contribution in [-0.4, -0.2) is 32.4 Å². The maximum Gasteiger partial charge on any atom is 0.303 e. The molecular formula is C22H35ClN2O5S. The van der Waals surface area contributed by atoms with E-state index in [1.807, 2.05) is 0 Å². The Morgan fingerprint density at radius 3 is 2.16 bits per heavy atom. The number of anilines is 1. The zero-order valence-corrected chi connectivity index (χ0v) is 20.5. The van der Waals surface area contributed by atoms with Crippen LogP contribution >= 0.6 is 11.6 Å². The fourth-order valence-corrected chi connectivity index (χ4v) is 4.38. The number of esters is 1. The van der Waals surface area contributed by atoms with E-state index in [1.54, 1.807) is 0 Å². The Bertz CT molecular complexity index is 840. The quantitative estimate of drug-likeness (QED) is 0.290. The molecule has 0 aliphatic rings. The molecule has 0 bridgehead atoms. The Morgan fingerprint density at radius 2 is 1.61 bits per heavy atom. The van der Waals surface area contributed by atoms with E-state index < -0.39 is 27.5 Å². The Labute approximate surface area is 191 Å². The van der Waals surface area contributed by atoms with Crippen LogP contribution in [0.3, 0.4) is 0 Å². The van der Waals surface area contributed by atoms with Gasteiger partial charge < -0.3 is 10.1 Å². The van der Waals surface area contributed by atoms with Crippen molar-refractivity contribution >= 4 is 39.2 Å². The second-order valence-corrected chi connectivity index (χ2v) is 10.2. The summed E-state index contributed by atoms with van der Waals surface area (Å²) in [6.45, 7) is 6.67. The summed E-state index contributed by atoms with van der Waals surface area (Å²) < 4.78 is 32.6. The van der Waals surface area contributed by atoms with Crippen LogP contribution in [0.15, 0.2) is 23.1 Å². The average molecular weight is 475 g/mol. The number of nitrogens with one attached hydrogen (secondary N) is 2. The first-order valence-corrected chi connectivity index (χ1v) is 12.7. The molecule has 0 spiro atoms. The smallest absolute Gasteiger partial charge is 0.303 e. The van der Waals surface area contributed by atoms with E-state index in [-0.39, 0.29) is 15.6 Å². The maximum absolute atomic E-state index is 12.5. The van der Waals surface area contributed by atoms with Gasteiger partial charge in [-0.2, -0.15) is 0 Å². The van der Waals surface area contributed by atoms with Gasteiger partial charge in [0.05, 0.1) is 15.6 Å². The lowest BCUT2D eigenvalue weighted by Gasteiger charge is -2.23. The number of carbonyl (C=O) groups excluding carboxylic acids is 2. The third-order valence-electron chi connectivity index (χ3n) is 4.77. The first-order valence-electron chi connectivity index (χ1n) is 10.8. The number of halogens is 1. The van der Waals surface area contributed by atoms with E-state index in [4.69, 9.17) is 16.3 Å². The molecule has 0 atom stereocenters. The second kappa shape index (κ2) is 13.0. The van der Waals surface area contributed by atoms with E-state index in [2.05, 4.69) is 17.0 Å². The topological polar surface area (TPSA) is 102 Å². The SMILES string of the molecule is CCCCCCCCCCNS(=O)(=O)c1ccc(NC(=O)C(C)(C)OC(C)=O)c(Cl)c1. The fourth-order valence-electron chi connectivity index (χ4n) is 2.99. The molecule has 1 rings (SSSR count). The Balaban J connectivity index is 2.57. The van der Waals surface area contributed by atoms with E-state index in [1.165, 1.54) is 71.1 Å². The van der Waals surface area contributed by atoms with E-state index in [9.17, 15) is 18.0 Å². The van der Waals surface area contributed by atoms with Crippen LogP contribution in [0.25, 0.3) is 0 Å². The molecule has 0 aliphatic carbocycles. The molecule has 0 aromatic heterocycles. The van der Waals surface area contributed by atoms with Crippen LogP contribution in [0.2, 0.25) is 5.02 Å². The molecule has 0 fully saturated rings. The highest BCUT2D eigenvalue weighted by molar-refractivity contribution is 7.89. The standard InChI is InChI=1S/C22H35ClN2O5S/c1-5-6-7-8-9-10-11-12-15-24-31(28,29)18-13-14-20(19(23)16-18)25-21(27)22(3,4)30-17(2)26/h13-14,16,24H,5-12,15H2,1-4H3,(H,25,27). The first-order chi connectivity index (χ1) is 14.5. The van der Waals surface area contributed by atoms with Crippen LogP contribution in [0.5, 0.6) is 0 Å². The molecule has 0 aliphatic heterocycles. The number of rotatable bonds is 14. The van der Waals surface area contributed by atoms with Crippen molar-refractivity contribution in [1.82, 2.24) is 4.72 Å². The normalized spacial score (nSPS) is 11.9. The minimum atomic E-state index is -3.69. The fraction of sp³-hybridized carbons (Fsp3) is 0.636. The van der Waals surface area contributed by atoms with Crippen molar-refractivity contribution in [3.05, 3.63) is 23.2 Å². The zero-order chi connectivity index (χ0) is 23.5. The van der Waals surface area contributed by atoms with Crippen LogP contribution < -0.4 is 10.0 Å². The van der Waals surface area contributed by atoms with Crippen molar-refractivity contribution in [1.29, 1.82) is 0 Å². The third kappa shape index (κ3) is 10.0. The molecular weight excluding hydrogens is 440 g/mol. The lowest BCUT2D eigenvalue weighted by molar-refractivity contribution is -0.160. The van der Waals surface area contributed by atoms with Crippen LogP contribution in [0.4, 0.5) is 5.69 Å². The average Bonchev–Trinajstić information content (AvgIpc) is 2.67. The van der Waals surface area contributed by atoms with Crippen molar-refractivity contribution < 1.29 is 22.7 Å². The summed E-state index contributed by atoms with van der Waals surface area (Å²) in [4.78, 5) is 23.5. The lowest BCUT2D eigenvalue weighted by atomic mass is 10.1. The highest BCUT2D eigenvalue weighted by Crippen LogP contribution is 2.26. The van der Waals surface area contributed by atoms with E-state index in [0.29, 0.717) is 6.54 Å². The van der Waals surface area contributed by atoms with Gasteiger partial charge in [-0.05, 0) is 38.5 Å². The molecule has 1 aromatic carbocycles. The molecule has 0 heterocycles. The Kier molecular flexibility index (Phi) is 11.5. The predicted molar refractivity (Wildman–Crippen MR) is 124 cm³/mol. The number of carbonyl (C=O) groups is 2. The number of ether oxygens (including phenoxy) is 1. The maximum atomic E-state index is 12.5. The Morgan fingerprint density at radius 1 is 1.03 bits per heavy atom. The van der Waals surface area contributed by atoms with Gasteiger partial charge in [-0.3, -0.25) is 9.59 Å². The van der Waals surface area contributed by atoms with E-state index in [0.717, 1.165) is 19.3 Å². The summed E-state index contributed by atoms with van der Waals surface area (Å²) in [6.07, 6.45) is 9.05. The van der Waals surface area contributed by atoms with Gasteiger partial charge in [0.25, 0.3) is 5.91 Å². The molecule has 2 N–H and O–H groups in total. The van der Waals surface area contributed by atoms with Crippen LogP contribution in [0, 0.1) is 0 Å². The molecule has 1 aromatic rings. The predicted octanol–water partition coefficient (Wildman–Crippen LogP) is 5.04. The lowest BCUT2D eigenvalue weighted by Crippen LogP contribution is -2.41. The molecule has 0 unspecified atom stereocenters. The van der Waals surface area contributed by atoms with Crippen molar-refractivity contribution in [2.24, 2.45) is 0 Å². The highest BCUT2D eigenvalue weighted by Gasteiger charge is 2.31. The summed E-state index contributed by atoms with van der Waals surface area (Å²) in [7, 11) is -3.69. The zero-order valence-electron chi connectivity index (χ0n) is 18.9. The number of sulfonamides is 1. The monoisotopic (exact) mass is 474 g/mol. The van der Waals surface area contributed by atoms with Crippen molar-refractivity contribution in [3.63, 3.8) is 0 Å². The first kappa shape index (κ1) is 27.4. The number of amides is 1. The van der Waals surface area contributed by atoms with Gasteiger partial charge in [0.15, 0.2) is 5.60 Å². The summed E-state index contributed by atoms with van der Waals surface area (Å²) >= 11 is 6.18. The number of hydrogen-bond acceptors (Lipinski definition) is 5. The summed E-state index contributed by atoms with van der Waals surface area (Å²) in [5.74, 6) is -1.16. The largest absolute Gasteiger partial charge is 0.450 e. The number of unbranched alkanes of at least 4 members (excludes halogenated alkanes) is 7. The van der Waals surface area contributed by atoms with E-state index >= 15 is 0 Å². The van der Waals surface area contributed by atoms with Gasteiger partial charge in [0, 0.05) is 13.5 Å². The summed E-state index contributed by atoms with van der Waals surface area (Å²) in [5.41, 5.74) is -1.16. The van der Waals surface area contributed by atoms with Gasteiger partial charge in [-0.25, -0.2) is 13.1 Å². The molecule has 31 heavy (non-hydrogen) atoms. The second-order valence-electron chi connectivity index (χ2n) is 8.07. The number of hydrogen-bond donors (Lipinski definition) is 2. The Hall–Kier alpha value is -1.64. The van der Waals surface area contributed by atoms with Crippen molar-refractivity contribution in [3.8, 4) is 0 Å². The molecule has 0 saturated heterocycles. The van der Waals surface area contributed by atoms with Crippen LogP contribution in [0.1, 0.15) is 79.1 Å². The van der Waals surface area contributed by atoms with Crippen molar-refractivity contribution in [2.75, 3.05) is 11.9 Å².